The van der Waals surface area contributed by atoms with Gasteiger partial charge in [-0.05, 0) is 43.4 Å². The number of carbonyl (C=O) groups excluding carboxylic acids is 1. The lowest BCUT2D eigenvalue weighted by Crippen LogP contribution is -2.50. The number of likely N-dealkylation sites (tertiary alicyclic amines) is 1. The maximum Gasteiger partial charge on any atom is 0.240 e. The SMILES string of the molecule is CNC1C(=O)N(CC2CCCS2)CCC2C=CSC21. The van der Waals surface area contributed by atoms with Crippen LogP contribution in [-0.2, 0) is 4.79 Å². The first-order chi connectivity index (χ1) is 9.29. The molecule has 3 aliphatic rings. The van der Waals surface area contributed by atoms with Crippen LogP contribution in [0, 0.1) is 5.92 Å². The molecule has 5 heteroatoms. The molecule has 0 aromatic rings. The molecule has 3 nitrogen and oxygen atoms in total. The lowest BCUT2D eigenvalue weighted by molar-refractivity contribution is -0.132. The van der Waals surface area contributed by atoms with Crippen molar-refractivity contribution in [3.8, 4) is 0 Å². The van der Waals surface area contributed by atoms with E-state index >= 15 is 0 Å². The van der Waals surface area contributed by atoms with Crippen molar-refractivity contribution in [1.29, 1.82) is 0 Å². The van der Waals surface area contributed by atoms with E-state index in [1.165, 1.54) is 18.6 Å². The molecule has 2 fully saturated rings. The van der Waals surface area contributed by atoms with Gasteiger partial charge in [-0.15, -0.1) is 11.8 Å². The summed E-state index contributed by atoms with van der Waals surface area (Å²) in [6.45, 7) is 1.88. The average molecular weight is 298 g/mol. The Morgan fingerprint density at radius 2 is 2.37 bits per heavy atom. The fourth-order valence-corrected chi connectivity index (χ4v) is 5.89. The Morgan fingerprint density at radius 3 is 3.11 bits per heavy atom. The van der Waals surface area contributed by atoms with Crippen molar-refractivity contribution >= 4 is 29.4 Å². The summed E-state index contributed by atoms with van der Waals surface area (Å²) in [6, 6.07) is -0.0149. The van der Waals surface area contributed by atoms with Crippen LogP contribution in [0.5, 0.6) is 0 Å². The molecule has 0 aliphatic carbocycles. The lowest BCUT2D eigenvalue weighted by atomic mass is 9.98. The van der Waals surface area contributed by atoms with E-state index in [2.05, 4.69) is 21.7 Å². The Labute approximate surface area is 123 Å². The molecule has 3 heterocycles. The number of hydrogen-bond acceptors (Lipinski definition) is 4. The van der Waals surface area contributed by atoms with Crippen LogP contribution < -0.4 is 5.32 Å². The number of hydrogen-bond donors (Lipinski definition) is 1. The van der Waals surface area contributed by atoms with Gasteiger partial charge in [0.2, 0.25) is 5.91 Å². The molecule has 1 N–H and O–H groups in total. The number of likely N-dealkylation sites (N-methyl/N-ethyl adjacent to an activating group) is 1. The highest BCUT2D eigenvalue weighted by molar-refractivity contribution is 8.03. The zero-order chi connectivity index (χ0) is 13.2. The smallest absolute Gasteiger partial charge is 0.240 e. The van der Waals surface area contributed by atoms with E-state index in [4.69, 9.17) is 0 Å². The topological polar surface area (TPSA) is 32.3 Å². The highest BCUT2D eigenvalue weighted by atomic mass is 32.2. The Balaban J connectivity index is 1.70. The summed E-state index contributed by atoms with van der Waals surface area (Å²) in [4.78, 5) is 14.8. The van der Waals surface area contributed by atoms with E-state index in [0.29, 0.717) is 22.3 Å². The summed E-state index contributed by atoms with van der Waals surface area (Å²) in [5.74, 6) is 2.15. The Hall–Kier alpha value is -0.130. The van der Waals surface area contributed by atoms with Gasteiger partial charge < -0.3 is 10.2 Å². The minimum atomic E-state index is -0.0149. The number of nitrogens with zero attached hydrogens (tertiary/aromatic N) is 1. The molecule has 0 radical (unpaired) electrons. The van der Waals surface area contributed by atoms with Crippen LogP contribution in [0.3, 0.4) is 0 Å². The van der Waals surface area contributed by atoms with Gasteiger partial charge in [0, 0.05) is 23.6 Å². The molecule has 0 aromatic carbocycles. The number of rotatable bonds is 3. The monoisotopic (exact) mass is 298 g/mol. The van der Waals surface area contributed by atoms with E-state index in [1.54, 1.807) is 0 Å². The standard InChI is InChI=1S/C14H22N2OS2/c1-15-12-13-10(5-8-19-13)4-6-16(14(12)17)9-11-3-2-7-18-11/h5,8,10-13,15H,2-4,6-7,9H2,1H3. The van der Waals surface area contributed by atoms with Crippen LogP contribution in [0.2, 0.25) is 0 Å². The van der Waals surface area contributed by atoms with Gasteiger partial charge in [-0.3, -0.25) is 4.79 Å². The molecule has 0 spiro atoms. The summed E-state index contributed by atoms with van der Waals surface area (Å²) in [5, 5.41) is 6.51. The second-order valence-electron chi connectivity index (χ2n) is 5.57. The van der Waals surface area contributed by atoms with Gasteiger partial charge in [-0.25, -0.2) is 0 Å². The molecule has 4 atom stereocenters. The molecule has 0 saturated carbocycles. The van der Waals surface area contributed by atoms with Gasteiger partial charge >= 0.3 is 0 Å². The quantitative estimate of drug-likeness (QED) is 0.863. The maximum absolute atomic E-state index is 12.7. The van der Waals surface area contributed by atoms with E-state index < -0.39 is 0 Å². The number of nitrogens with one attached hydrogen (secondary N) is 1. The molecule has 3 aliphatic heterocycles. The molecular weight excluding hydrogens is 276 g/mol. The Kier molecular flexibility index (Phi) is 4.44. The minimum Gasteiger partial charge on any atom is -0.340 e. The first-order valence-corrected chi connectivity index (χ1v) is 9.18. The summed E-state index contributed by atoms with van der Waals surface area (Å²) < 4.78 is 0. The summed E-state index contributed by atoms with van der Waals surface area (Å²) in [5.41, 5.74) is 0. The van der Waals surface area contributed by atoms with Crippen LogP contribution in [-0.4, -0.2) is 53.2 Å². The Bertz CT molecular complexity index is 368. The van der Waals surface area contributed by atoms with Gasteiger partial charge in [0.25, 0.3) is 0 Å². The first-order valence-electron chi connectivity index (χ1n) is 7.19. The van der Waals surface area contributed by atoms with Crippen molar-refractivity contribution in [3.05, 3.63) is 11.5 Å². The van der Waals surface area contributed by atoms with Crippen molar-refractivity contribution in [2.75, 3.05) is 25.9 Å². The number of carbonyl (C=O) groups is 1. The highest BCUT2D eigenvalue weighted by Crippen LogP contribution is 2.37. The third-order valence-corrected chi connectivity index (χ3v) is 7.01. The van der Waals surface area contributed by atoms with Gasteiger partial charge in [0.1, 0.15) is 0 Å². The maximum atomic E-state index is 12.7. The fraction of sp³-hybridized carbons (Fsp3) is 0.786. The van der Waals surface area contributed by atoms with Crippen LogP contribution in [0.1, 0.15) is 19.3 Å². The molecule has 19 heavy (non-hydrogen) atoms. The lowest BCUT2D eigenvalue weighted by Gasteiger charge is -2.28. The van der Waals surface area contributed by atoms with Crippen molar-refractivity contribution < 1.29 is 4.79 Å². The van der Waals surface area contributed by atoms with Crippen molar-refractivity contribution in [3.63, 3.8) is 0 Å². The summed E-state index contributed by atoms with van der Waals surface area (Å²) in [6.07, 6.45) is 6.01. The normalized spacial score (nSPS) is 38.6. The van der Waals surface area contributed by atoms with Crippen LogP contribution >= 0.6 is 23.5 Å². The van der Waals surface area contributed by atoms with Gasteiger partial charge in [-0.1, -0.05) is 6.08 Å². The van der Waals surface area contributed by atoms with Crippen LogP contribution in [0.25, 0.3) is 0 Å². The molecule has 4 unspecified atom stereocenters. The molecule has 106 valence electrons. The van der Waals surface area contributed by atoms with Crippen molar-refractivity contribution in [1.82, 2.24) is 10.2 Å². The number of fused-ring (bicyclic) bond motifs is 1. The predicted octanol–water partition coefficient (Wildman–Crippen LogP) is 1.95. The third kappa shape index (κ3) is 2.83. The molecule has 2 saturated heterocycles. The van der Waals surface area contributed by atoms with E-state index in [-0.39, 0.29) is 6.04 Å². The number of thioether (sulfide) groups is 2. The largest absolute Gasteiger partial charge is 0.340 e. The van der Waals surface area contributed by atoms with Crippen molar-refractivity contribution in [2.24, 2.45) is 5.92 Å². The molecule has 3 rings (SSSR count). The second-order valence-corrected chi connectivity index (χ2v) is 8.06. The number of amides is 1. The predicted molar refractivity (Wildman–Crippen MR) is 83.5 cm³/mol. The summed E-state index contributed by atoms with van der Waals surface area (Å²) in [7, 11) is 1.92. The fourth-order valence-electron chi connectivity index (χ4n) is 3.29. The minimum absolute atomic E-state index is 0.0149. The van der Waals surface area contributed by atoms with Gasteiger partial charge in [-0.2, -0.15) is 11.8 Å². The van der Waals surface area contributed by atoms with E-state index in [0.717, 1.165) is 19.5 Å². The highest BCUT2D eigenvalue weighted by Gasteiger charge is 2.40. The van der Waals surface area contributed by atoms with Crippen LogP contribution in [0.15, 0.2) is 11.5 Å². The first kappa shape index (κ1) is 13.8. The molecule has 0 bridgehead atoms. The average Bonchev–Trinajstić information content (AvgIpc) is 3.04. The van der Waals surface area contributed by atoms with Crippen molar-refractivity contribution in [2.45, 2.75) is 35.8 Å². The summed E-state index contributed by atoms with van der Waals surface area (Å²) >= 11 is 3.87. The van der Waals surface area contributed by atoms with E-state index in [1.807, 2.05) is 30.6 Å². The third-order valence-electron chi connectivity index (χ3n) is 4.38. The molecule has 1 amide bonds. The van der Waals surface area contributed by atoms with Gasteiger partial charge in [0.15, 0.2) is 0 Å². The van der Waals surface area contributed by atoms with Crippen LogP contribution in [0.4, 0.5) is 0 Å². The van der Waals surface area contributed by atoms with Gasteiger partial charge in [0.05, 0.1) is 6.04 Å². The second kappa shape index (κ2) is 6.10. The van der Waals surface area contributed by atoms with E-state index in [9.17, 15) is 4.79 Å². The molecule has 0 aromatic heterocycles. The number of allylic oxidation sites excluding steroid dienone is 1. The zero-order valence-corrected chi connectivity index (χ0v) is 13.0. The molecular formula is C14H22N2OS2. The zero-order valence-electron chi connectivity index (χ0n) is 11.4. The Morgan fingerprint density at radius 1 is 1.47 bits per heavy atom.